The molecule has 2 heterocycles. The third kappa shape index (κ3) is 2.28. The summed E-state index contributed by atoms with van der Waals surface area (Å²) < 4.78 is 1.66. The van der Waals surface area contributed by atoms with E-state index in [4.69, 9.17) is 5.73 Å². The first-order chi connectivity index (χ1) is 7.68. The van der Waals surface area contributed by atoms with Crippen LogP contribution in [0.4, 0.5) is 5.82 Å². The normalized spacial score (nSPS) is 9.44. The van der Waals surface area contributed by atoms with Gasteiger partial charge in [0.2, 0.25) is 0 Å². The van der Waals surface area contributed by atoms with Gasteiger partial charge in [-0.15, -0.1) is 0 Å². The van der Waals surface area contributed by atoms with Gasteiger partial charge in [-0.25, -0.2) is 9.97 Å². The molecule has 6 nitrogen and oxygen atoms in total. The Morgan fingerprint density at radius 3 is 2.56 bits per heavy atom. The highest BCUT2D eigenvalue weighted by atomic mass is 16.1. The zero-order chi connectivity index (χ0) is 12.1. The van der Waals surface area contributed by atoms with Crippen molar-refractivity contribution >= 4 is 5.82 Å². The Balaban J connectivity index is 0.000000606. The summed E-state index contributed by atoms with van der Waals surface area (Å²) in [5.41, 5.74) is 5.99. The average molecular weight is 221 g/mol. The third-order valence-electron chi connectivity index (χ3n) is 1.88. The van der Waals surface area contributed by atoms with Crippen molar-refractivity contribution in [1.29, 1.82) is 0 Å². The van der Waals surface area contributed by atoms with Crippen LogP contribution in [-0.2, 0) is 7.05 Å². The van der Waals surface area contributed by atoms with E-state index >= 15 is 0 Å². The molecule has 16 heavy (non-hydrogen) atoms. The number of hydrogen-bond donors (Lipinski definition) is 2. The van der Waals surface area contributed by atoms with E-state index in [0.717, 1.165) is 0 Å². The van der Waals surface area contributed by atoms with E-state index in [2.05, 4.69) is 15.0 Å². The number of hydrogen-bond acceptors (Lipinski definition) is 4. The molecule has 2 rings (SSSR count). The molecule has 0 atom stereocenters. The van der Waals surface area contributed by atoms with Gasteiger partial charge in [-0.2, -0.15) is 0 Å². The standard InChI is InChI=1S/C8H9N5O.C2H6/c1-13-4-11-6(7(13)9)8-10-3-2-5(14)12-8;1-2/h2-4H,9H2,1H3,(H,10,12,14);1-2H3. The minimum Gasteiger partial charge on any atom is -0.383 e. The van der Waals surface area contributed by atoms with Crippen LogP contribution >= 0.6 is 0 Å². The summed E-state index contributed by atoms with van der Waals surface area (Å²) in [7, 11) is 1.77. The number of nitrogens with one attached hydrogen (secondary N) is 1. The highest BCUT2D eigenvalue weighted by Gasteiger charge is 2.09. The quantitative estimate of drug-likeness (QED) is 0.744. The Morgan fingerprint density at radius 1 is 1.38 bits per heavy atom. The molecular formula is C10H15N5O. The lowest BCUT2D eigenvalue weighted by Crippen LogP contribution is -2.07. The van der Waals surface area contributed by atoms with Crippen LogP contribution in [0.1, 0.15) is 13.8 Å². The summed E-state index contributed by atoms with van der Waals surface area (Å²) in [5, 5.41) is 0. The van der Waals surface area contributed by atoms with Crippen molar-refractivity contribution < 1.29 is 0 Å². The molecule has 3 N–H and O–H groups in total. The van der Waals surface area contributed by atoms with Gasteiger partial charge in [0, 0.05) is 19.3 Å². The maximum atomic E-state index is 11.0. The van der Waals surface area contributed by atoms with E-state index in [0.29, 0.717) is 17.3 Å². The molecular weight excluding hydrogens is 206 g/mol. The van der Waals surface area contributed by atoms with Crippen molar-refractivity contribution in [3.8, 4) is 11.5 Å². The lowest BCUT2D eigenvalue weighted by Gasteiger charge is -1.98. The van der Waals surface area contributed by atoms with E-state index in [9.17, 15) is 4.79 Å². The lowest BCUT2D eigenvalue weighted by atomic mass is 10.4. The van der Waals surface area contributed by atoms with Crippen molar-refractivity contribution in [2.75, 3.05) is 5.73 Å². The van der Waals surface area contributed by atoms with Crippen molar-refractivity contribution in [2.45, 2.75) is 13.8 Å². The number of imidazole rings is 1. The SMILES string of the molecule is CC.Cn1cnc(-c2nccc(=O)[nH]2)c1N. The monoisotopic (exact) mass is 221 g/mol. The van der Waals surface area contributed by atoms with Gasteiger partial charge in [0.1, 0.15) is 11.5 Å². The fraction of sp³-hybridized carbons (Fsp3) is 0.300. The molecule has 6 heteroatoms. The highest BCUT2D eigenvalue weighted by Crippen LogP contribution is 2.17. The summed E-state index contributed by atoms with van der Waals surface area (Å²) in [6.07, 6.45) is 2.99. The zero-order valence-electron chi connectivity index (χ0n) is 9.56. The third-order valence-corrected chi connectivity index (χ3v) is 1.88. The number of nitrogen functional groups attached to an aromatic ring is 1. The summed E-state index contributed by atoms with van der Waals surface area (Å²) in [4.78, 5) is 21.6. The van der Waals surface area contributed by atoms with Crippen LogP contribution in [0.2, 0.25) is 0 Å². The molecule has 0 radical (unpaired) electrons. The van der Waals surface area contributed by atoms with Crippen molar-refractivity contribution in [3.05, 3.63) is 28.9 Å². The van der Waals surface area contributed by atoms with Gasteiger partial charge >= 0.3 is 0 Å². The van der Waals surface area contributed by atoms with Gasteiger partial charge in [0.15, 0.2) is 5.82 Å². The van der Waals surface area contributed by atoms with Crippen molar-refractivity contribution in [2.24, 2.45) is 7.05 Å². The number of aromatic nitrogens is 4. The van der Waals surface area contributed by atoms with Crippen LogP contribution in [0.3, 0.4) is 0 Å². The average Bonchev–Trinajstić information content (AvgIpc) is 2.63. The Morgan fingerprint density at radius 2 is 2.06 bits per heavy atom. The minimum absolute atomic E-state index is 0.222. The van der Waals surface area contributed by atoms with E-state index in [1.165, 1.54) is 12.3 Å². The fourth-order valence-electron chi connectivity index (χ4n) is 1.11. The lowest BCUT2D eigenvalue weighted by molar-refractivity contribution is 0.925. The first-order valence-corrected chi connectivity index (χ1v) is 5.01. The van der Waals surface area contributed by atoms with Crippen LogP contribution < -0.4 is 11.3 Å². The Hall–Kier alpha value is -2.11. The molecule has 0 amide bonds. The van der Waals surface area contributed by atoms with Crippen LogP contribution in [0.15, 0.2) is 23.4 Å². The van der Waals surface area contributed by atoms with Crippen molar-refractivity contribution in [3.63, 3.8) is 0 Å². The van der Waals surface area contributed by atoms with Crippen LogP contribution in [0, 0.1) is 0 Å². The van der Waals surface area contributed by atoms with E-state index in [1.807, 2.05) is 13.8 Å². The van der Waals surface area contributed by atoms with Gasteiger partial charge in [0.25, 0.3) is 5.56 Å². The van der Waals surface area contributed by atoms with E-state index in [1.54, 1.807) is 17.9 Å². The predicted octanol–water partition coefficient (Wildman–Crippen LogP) is 0.779. The first kappa shape index (κ1) is 12.0. The second-order valence-electron chi connectivity index (χ2n) is 2.87. The van der Waals surface area contributed by atoms with E-state index in [-0.39, 0.29) is 5.56 Å². The van der Waals surface area contributed by atoms with Gasteiger partial charge < -0.3 is 15.3 Å². The van der Waals surface area contributed by atoms with Crippen LogP contribution in [0.5, 0.6) is 0 Å². The summed E-state index contributed by atoms with van der Waals surface area (Å²) >= 11 is 0. The number of anilines is 1. The molecule has 0 saturated carbocycles. The number of aromatic amines is 1. The topological polar surface area (TPSA) is 89.6 Å². The number of rotatable bonds is 1. The fourth-order valence-corrected chi connectivity index (χ4v) is 1.11. The highest BCUT2D eigenvalue weighted by molar-refractivity contribution is 5.63. The first-order valence-electron chi connectivity index (χ1n) is 5.01. The molecule has 0 aliphatic heterocycles. The largest absolute Gasteiger partial charge is 0.383 e. The molecule has 86 valence electrons. The molecule has 0 fully saturated rings. The maximum absolute atomic E-state index is 11.0. The summed E-state index contributed by atoms with van der Waals surface area (Å²) in [6, 6.07) is 1.34. The predicted molar refractivity (Wildman–Crippen MR) is 62.8 cm³/mol. The van der Waals surface area contributed by atoms with Crippen molar-refractivity contribution in [1.82, 2.24) is 19.5 Å². The maximum Gasteiger partial charge on any atom is 0.251 e. The second kappa shape index (κ2) is 5.11. The minimum atomic E-state index is -0.222. The molecule has 0 aliphatic carbocycles. The van der Waals surface area contributed by atoms with Crippen LogP contribution in [0.25, 0.3) is 11.5 Å². The molecule has 0 unspecified atom stereocenters. The number of nitrogens with two attached hydrogens (primary N) is 1. The summed E-state index contributed by atoms with van der Waals surface area (Å²) in [6.45, 7) is 4.00. The Kier molecular flexibility index (Phi) is 3.82. The molecule has 2 aromatic rings. The Labute approximate surface area is 93.2 Å². The molecule has 0 saturated heterocycles. The second-order valence-corrected chi connectivity index (χ2v) is 2.87. The molecule has 0 spiro atoms. The molecule has 0 aromatic carbocycles. The van der Waals surface area contributed by atoms with Crippen LogP contribution in [-0.4, -0.2) is 19.5 Å². The number of aryl methyl sites for hydroxylation is 1. The van der Waals surface area contributed by atoms with Gasteiger partial charge in [0.05, 0.1) is 6.33 Å². The molecule has 2 aromatic heterocycles. The molecule has 0 aliphatic rings. The zero-order valence-corrected chi connectivity index (χ0v) is 9.56. The van der Waals surface area contributed by atoms with Gasteiger partial charge in [-0.3, -0.25) is 4.79 Å². The van der Waals surface area contributed by atoms with Gasteiger partial charge in [-0.1, -0.05) is 13.8 Å². The number of H-pyrrole nitrogens is 1. The summed E-state index contributed by atoms with van der Waals surface area (Å²) in [5.74, 6) is 0.856. The molecule has 0 bridgehead atoms. The Bertz CT molecular complexity index is 514. The van der Waals surface area contributed by atoms with E-state index < -0.39 is 0 Å². The smallest absolute Gasteiger partial charge is 0.251 e. The number of nitrogens with zero attached hydrogens (tertiary/aromatic N) is 3. The van der Waals surface area contributed by atoms with Gasteiger partial charge in [-0.05, 0) is 0 Å².